The maximum atomic E-state index is 13.0. The molecule has 0 bridgehead atoms. The van der Waals surface area contributed by atoms with Crippen LogP contribution >= 0.6 is 12.2 Å². The second-order valence-electron chi connectivity index (χ2n) is 4.30. The van der Waals surface area contributed by atoms with Crippen LogP contribution in [0.2, 0.25) is 0 Å². The van der Waals surface area contributed by atoms with Crippen molar-refractivity contribution in [2.75, 3.05) is 26.4 Å². The fourth-order valence-corrected chi connectivity index (χ4v) is 2.15. The molecule has 0 atom stereocenters. The van der Waals surface area contributed by atoms with Gasteiger partial charge in [-0.05, 0) is 49.9 Å². The van der Waals surface area contributed by atoms with E-state index in [0.29, 0.717) is 19.8 Å². The second-order valence-corrected chi connectivity index (χ2v) is 4.79. The molecule has 0 aliphatic rings. The molecular formula is C15H21FO2S. The summed E-state index contributed by atoms with van der Waals surface area (Å²) >= 11 is 5.37. The lowest BCUT2D eigenvalue weighted by atomic mass is 10.0. The van der Waals surface area contributed by atoms with Crippen LogP contribution in [0.3, 0.4) is 0 Å². The first kappa shape index (κ1) is 16.2. The Kier molecular flexibility index (Phi) is 7.79. The van der Waals surface area contributed by atoms with Crippen molar-refractivity contribution in [3.8, 4) is 0 Å². The van der Waals surface area contributed by atoms with Gasteiger partial charge in [0.25, 0.3) is 0 Å². The summed E-state index contributed by atoms with van der Waals surface area (Å²) < 4.78 is 23.6. The Labute approximate surface area is 119 Å². The van der Waals surface area contributed by atoms with Crippen LogP contribution in [0, 0.1) is 12.7 Å². The number of halogens is 1. The van der Waals surface area contributed by atoms with E-state index in [-0.39, 0.29) is 5.82 Å². The van der Waals surface area contributed by atoms with Gasteiger partial charge in [0, 0.05) is 18.1 Å². The van der Waals surface area contributed by atoms with E-state index in [2.05, 4.69) is 0 Å². The van der Waals surface area contributed by atoms with Gasteiger partial charge in [-0.1, -0.05) is 18.3 Å². The molecule has 0 aliphatic carbocycles. The third-order valence-electron chi connectivity index (χ3n) is 2.76. The van der Waals surface area contributed by atoms with E-state index in [1.165, 1.54) is 12.1 Å². The Hall–Kier alpha value is -0.840. The monoisotopic (exact) mass is 284 g/mol. The van der Waals surface area contributed by atoms with Gasteiger partial charge in [-0.2, -0.15) is 0 Å². The summed E-state index contributed by atoms with van der Waals surface area (Å²) in [5.41, 5.74) is 1.85. The molecular weight excluding hydrogens is 263 g/mol. The van der Waals surface area contributed by atoms with Crippen LogP contribution in [0.4, 0.5) is 4.39 Å². The lowest BCUT2D eigenvalue weighted by molar-refractivity contribution is 0.0525. The highest BCUT2D eigenvalue weighted by Crippen LogP contribution is 2.14. The Morgan fingerprint density at radius 1 is 1.21 bits per heavy atom. The molecule has 0 aliphatic heterocycles. The number of rotatable bonds is 9. The van der Waals surface area contributed by atoms with Crippen molar-refractivity contribution in [3.05, 3.63) is 35.1 Å². The first-order valence-electron chi connectivity index (χ1n) is 6.60. The van der Waals surface area contributed by atoms with Crippen LogP contribution in [0.1, 0.15) is 30.9 Å². The quantitative estimate of drug-likeness (QED) is 0.391. The minimum Gasteiger partial charge on any atom is -0.379 e. The molecule has 19 heavy (non-hydrogen) atoms. The van der Waals surface area contributed by atoms with Gasteiger partial charge in [-0.15, -0.1) is 0 Å². The standard InChI is InChI=1S/C15H21FO2S/c1-3-17-9-10-18-8-4-5-15(19)14-7-6-13(16)11-12(14)2/h6-7,11H,3-5,8-10H2,1-2H3. The van der Waals surface area contributed by atoms with Gasteiger partial charge in [0.05, 0.1) is 13.2 Å². The molecule has 0 fully saturated rings. The SMILES string of the molecule is CCOCCOCCCC(=S)c1ccc(F)cc1C. The summed E-state index contributed by atoms with van der Waals surface area (Å²) in [7, 11) is 0. The first-order valence-corrected chi connectivity index (χ1v) is 7.00. The normalized spacial score (nSPS) is 10.7. The lowest BCUT2D eigenvalue weighted by Gasteiger charge is -2.08. The van der Waals surface area contributed by atoms with Crippen molar-refractivity contribution in [2.24, 2.45) is 0 Å². The molecule has 0 amide bonds. The summed E-state index contributed by atoms with van der Waals surface area (Å²) in [5, 5.41) is 0. The third kappa shape index (κ3) is 6.23. The van der Waals surface area contributed by atoms with Crippen molar-refractivity contribution in [3.63, 3.8) is 0 Å². The first-order chi connectivity index (χ1) is 9.15. The smallest absolute Gasteiger partial charge is 0.123 e. The highest BCUT2D eigenvalue weighted by molar-refractivity contribution is 7.80. The summed E-state index contributed by atoms with van der Waals surface area (Å²) in [5.74, 6) is -0.219. The van der Waals surface area contributed by atoms with Crippen molar-refractivity contribution in [2.45, 2.75) is 26.7 Å². The average Bonchev–Trinajstić information content (AvgIpc) is 2.37. The van der Waals surface area contributed by atoms with Gasteiger partial charge in [-0.25, -0.2) is 4.39 Å². The fraction of sp³-hybridized carbons (Fsp3) is 0.533. The van der Waals surface area contributed by atoms with Gasteiger partial charge in [0.2, 0.25) is 0 Å². The van der Waals surface area contributed by atoms with Crippen molar-refractivity contribution in [1.82, 2.24) is 0 Å². The Bertz CT molecular complexity index is 407. The zero-order valence-corrected chi connectivity index (χ0v) is 12.4. The highest BCUT2D eigenvalue weighted by atomic mass is 32.1. The largest absolute Gasteiger partial charge is 0.379 e. The zero-order chi connectivity index (χ0) is 14.1. The van der Waals surface area contributed by atoms with Crippen LogP contribution in [-0.2, 0) is 9.47 Å². The highest BCUT2D eigenvalue weighted by Gasteiger charge is 2.05. The molecule has 0 unspecified atom stereocenters. The minimum atomic E-state index is -0.219. The Morgan fingerprint density at radius 3 is 2.63 bits per heavy atom. The van der Waals surface area contributed by atoms with E-state index in [1.807, 2.05) is 13.8 Å². The number of thiocarbonyl (C=S) groups is 1. The number of benzene rings is 1. The summed E-state index contributed by atoms with van der Waals surface area (Å²) in [6, 6.07) is 4.72. The van der Waals surface area contributed by atoms with E-state index in [4.69, 9.17) is 21.7 Å². The molecule has 0 N–H and O–H groups in total. The van der Waals surface area contributed by atoms with Crippen molar-refractivity contribution >= 4 is 17.1 Å². The molecule has 0 heterocycles. The van der Waals surface area contributed by atoms with Crippen LogP contribution in [0.25, 0.3) is 0 Å². The average molecular weight is 284 g/mol. The predicted octanol–water partition coefficient (Wildman–Crippen LogP) is 3.69. The molecule has 2 nitrogen and oxygen atoms in total. The van der Waals surface area contributed by atoms with E-state index in [9.17, 15) is 4.39 Å². The van der Waals surface area contributed by atoms with E-state index in [1.54, 1.807) is 6.07 Å². The van der Waals surface area contributed by atoms with Gasteiger partial charge in [0.15, 0.2) is 0 Å². The molecule has 1 aromatic rings. The fourth-order valence-electron chi connectivity index (χ4n) is 1.77. The van der Waals surface area contributed by atoms with Crippen LogP contribution in [0.5, 0.6) is 0 Å². The van der Waals surface area contributed by atoms with E-state index < -0.39 is 0 Å². The maximum Gasteiger partial charge on any atom is 0.123 e. The van der Waals surface area contributed by atoms with Gasteiger partial charge in [-0.3, -0.25) is 0 Å². The number of hydrogen-bond acceptors (Lipinski definition) is 3. The van der Waals surface area contributed by atoms with Crippen LogP contribution in [0.15, 0.2) is 18.2 Å². The predicted molar refractivity (Wildman–Crippen MR) is 79.4 cm³/mol. The molecule has 1 rings (SSSR count). The molecule has 0 saturated heterocycles. The van der Waals surface area contributed by atoms with Crippen LogP contribution < -0.4 is 0 Å². The van der Waals surface area contributed by atoms with Gasteiger partial charge < -0.3 is 9.47 Å². The van der Waals surface area contributed by atoms with Crippen molar-refractivity contribution in [1.29, 1.82) is 0 Å². The topological polar surface area (TPSA) is 18.5 Å². The molecule has 4 heteroatoms. The van der Waals surface area contributed by atoms with Crippen molar-refractivity contribution < 1.29 is 13.9 Å². The molecule has 106 valence electrons. The minimum absolute atomic E-state index is 0.219. The Morgan fingerprint density at radius 2 is 1.95 bits per heavy atom. The summed E-state index contributed by atoms with van der Waals surface area (Å²) in [6.07, 6.45) is 1.66. The maximum absolute atomic E-state index is 13.0. The molecule has 0 aromatic heterocycles. The van der Waals surface area contributed by atoms with E-state index >= 15 is 0 Å². The second kappa shape index (κ2) is 9.13. The lowest BCUT2D eigenvalue weighted by Crippen LogP contribution is -2.07. The third-order valence-corrected chi connectivity index (χ3v) is 3.18. The number of aryl methyl sites for hydroxylation is 1. The van der Waals surface area contributed by atoms with Gasteiger partial charge >= 0.3 is 0 Å². The molecule has 0 radical (unpaired) electrons. The summed E-state index contributed by atoms with van der Waals surface area (Å²) in [6.45, 7) is 6.49. The van der Waals surface area contributed by atoms with Crippen LogP contribution in [-0.4, -0.2) is 31.3 Å². The zero-order valence-electron chi connectivity index (χ0n) is 11.6. The molecule has 1 aromatic carbocycles. The number of hydrogen-bond donors (Lipinski definition) is 0. The van der Waals surface area contributed by atoms with E-state index in [0.717, 1.165) is 35.4 Å². The number of ether oxygens (including phenoxy) is 2. The van der Waals surface area contributed by atoms with Gasteiger partial charge in [0.1, 0.15) is 5.82 Å². The molecule has 0 saturated carbocycles. The summed E-state index contributed by atoms with van der Waals surface area (Å²) in [4.78, 5) is 0.867. The Balaban J connectivity index is 2.24. The molecule has 0 spiro atoms.